The minimum absolute atomic E-state index is 0.113. The Hall–Kier alpha value is -4.58. The van der Waals surface area contributed by atoms with Crippen LogP contribution in [0.4, 0.5) is 5.13 Å². The highest BCUT2D eigenvalue weighted by molar-refractivity contribution is 7.17. The molecule has 0 saturated carbocycles. The summed E-state index contributed by atoms with van der Waals surface area (Å²) in [4.78, 5) is 46.0. The number of aryl methyl sites for hydroxylation is 1. The highest BCUT2D eigenvalue weighted by atomic mass is 32.1. The van der Waals surface area contributed by atoms with Gasteiger partial charge in [-0.25, -0.2) is 9.78 Å². The smallest absolute Gasteiger partial charge is 0.350 e. The number of hydrogen-bond acceptors (Lipinski definition) is 11. The van der Waals surface area contributed by atoms with Crippen molar-refractivity contribution in [3.05, 3.63) is 63.7 Å². The number of rotatable bonds is 12. The fraction of sp³-hybridized carbons (Fsp3) is 0.394. The van der Waals surface area contributed by atoms with Gasteiger partial charge in [-0.2, -0.15) is 0 Å². The molecule has 2 aliphatic rings. The van der Waals surface area contributed by atoms with E-state index in [0.29, 0.717) is 60.7 Å². The number of aliphatic hydroxyl groups is 1. The molecule has 0 spiro atoms. The first kappa shape index (κ1) is 31.8. The Morgan fingerprint density at radius 3 is 2.51 bits per heavy atom. The molecule has 3 heterocycles. The summed E-state index contributed by atoms with van der Waals surface area (Å²) in [6.45, 7) is 9.03. The maximum absolute atomic E-state index is 13.7. The molecule has 0 radical (unpaired) electrons. The van der Waals surface area contributed by atoms with Crippen molar-refractivity contribution in [3.63, 3.8) is 0 Å². The summed E-state index contributed by atoms with van der Waals surface area (Å²) in [5, 5.41) is 11.8. The number of hydrogen-bond donors (Lipinski definition) is 1. The SMILES string of the molecule is CCCCCOc1ccc(C2C(=C(O)c3ccc4c(c3)OCCO4)C(=O)C(=O)N2c2nc(C)c(C(=O)OCC)s2)cc1OCC. The molecule has 11 nitrogen and oxygen atoms in total. The third-order valence-corrected chi connectivity index (χ3v) is 8.44. The maximum atomic E-state index is 13.7. The van der Waals surface area contributed by atoms with Crippen LogP contribution in [0, 0.1) is 6.92 Å². The predicted octanol–water partition coefficient (Wildman–Crippen LogP) is 5.99. The molecular formula is C33H36N2O9S. The van der Waals surface area contributed by atoms with E-state index < -0.39 is 29.5 Å². The molecule has 0 bridgehead atoms. The van der Waals surface area contributed by atoms with Gasteiger partial charge in [0.25, 0.3) is 5.78 Å². The summed E-state index contributed by atoms with van der Waals surface area (Å²) in [6, 6.07) is 8.86. The summed E-state index contributed by atoms with van der Waals surface area (Å²) < 4.78 is 28.4. The molecule has 1 amide bonds. The van der Waals surface area contributed by atoms with Crippen LogP contribution in [0.5, 0.6) is 23.0 Å². The van der Waals surface area contributed by atoms with Gasteiger partial charge in [0, 0.05) is 5.56 Å². The van der Waals surface area contributed by atoms with Crippen molar-refractivity contribution in [2.75, 3.05) is 37.9 Å². The van der Waals surface area contributed by atoms with Gasteiger partial charge in [0.2, 0.25) is 0 Å². The number of aliphatic hydroxyl groups excluding tert-OH is 1. The number of thiazole rings is 1. The molecule has 1 fully saturated rings. The van der Waals surface area contributed by atoms with Crippen LogP contribution in [0.15, 0.2) is 42.0 Å². The van der Waals surface area contributed by atoms with Crippen LogP contribution in [0.2, 0.25) is 0 Å². The summed E-state index contributed by atoms with van der Waals surface area (Å²) in [5.74, 6) is -0.906. The molecule has 1 aromatic heterocycles. The molecular weight excluding hydrogens is 600 g/mol. The molecule has 0 aliphatic carbocycles. The number of benzene rings is 2. The van der Waals surface area contributed by atoms with Crippen LogP contribution in [0.25, 0.3) is 5.76 Å². The van der Waals surface area contributed by atoms with Crippen molar-refractivity contribution < 1.29 is 43.2 Å². The Bertz CT molecular complexity index is 1630. The van der Waals surface area contributed by atoms with Gasteiger partial charge in [-0.1, -0.05) is 37.2 Å². The van der Waals surface area contributed by atoms with Crippen molar-refractivity contribution in [1.29, 1.82) is 0 Å². The highest BCUT2D eigenvalue weighted by Crippen LogP contribution is 2.46. The number of anilines is 1. The van der Waals surface area contributed by atoms with E-state index in [1.807, 2.05) is 6.92 Å². The second-order valence-corrected chi connectivity index (χ2v) is 11.3. The van der Waals surface area contributed by atoms with E-state index in [1.54, 1.807) is 50.2 Å². The molecule has 1 saturated heterocycles. The normalized spacial score (nSPS) is 17.0. The molecule has 1 unspecified atom stereocenters. The molecule has 5 rings (SSSR count). The van der Waals surface area contributed by atoms with Crippen LogP contribution in [-0.2, 0) is 14.3 Å². The Balaban J connectivity index is 1.65. The summed E-state index contributed by atoms with van der Waals surface area (Å²) >= 11 is 0.941. The van der Waals surface area contributed by atoms with Gasteiger partial charge in [0.15, 0.2) is 28.1 Å². The van der Waals surface area contributed by atoms with Crippen molar-refractivity contribution >= 4 is 39.9 Å². The van der Waals surface area contributed by atoms with Gasteiger partial charge < -0.3 is 28.8 Å². The zero-order chi connectivity index (χ0) is 32.1. The quantitative estimate of drug-likeness (QED) is 0.0830. The Morgan fingerprint density at radius 2 is 1.78 bits per heavy atom. The average Bonchev–Trinajstić information content (AvgIpc) is 3.55. The number of esters is 1. The Morgan fingerprint density at radius 1 is 1.00 bits per heavy atom. The number of Topliss-reactive ketones (excluding diaryl/α,β-unsaturated/α-hetero) is 1. The maximum Gasteiger partial charge on any atom is 0.350 e. The van der Waals surface area contributed by atoms with Gasteiger partial charge in [0.05, 0.1) is 37.1 Å². The van der Waals surface area contributed by atoms with E-state index in [4.69, 9.17) is 23.7 Å². The van der Waals surface area contributed by atoms with Gasteiger partial charge in [-0.15, -0.1) is 0 Å². The zero-order valence-corrected chi connectivity index (χ0v) is 26.5. The number of fused-ring (bicyclic) bond motifs is 1. The number of amides is 1. The van der Waals surface area contributed by atoms with E-state index in [0.717, 1.165) is 30.6 Å². The number of ketones is 1. The first-order chi connectivity index (χ1) is 21.8. The Labute approximate surface area is 265 Å². The van der Waals surface area contributed by atoms with Gasteiger partial charge in [-0.3, -0.25) is 14.5 Å². The molecule has 1 atom stereocenters. The highest BCUT2D eigenvalue weighted by Gasteiger charge is 2.49. The van der Waals surface area contributed by atoms with Crippen molar-refractivity contribution in [2.45, 2.75) is 53.0 Å². The van der Waals surface area contributed by atoms with Gasteiger partial charge >= 0.3 is 11.9 Å². The fourth-order valence-electron chi connectivity index (χ4n) is 5.18. The molecule has 2 aliphatic heterocycles. The molecule has 2 aromatic carbocycles. The minimum Gasteiger partial charge on any atom is -0.507 e. The fourth-order valence-corrected chi connectivity index (χ4v) is 6.17. The number of carbonyl (C=O) groups excluding carboxylic acids is 3. The van der Waals surface area contributed by atoms with Crippen LogP contribution in [0.1, 0.15) is 72.6 Å². The molecule has 1 N–H and O–H groups in total. The van der Waals surface area contributed by atoms with Crippen LogP contribution in [0.3, 0.4) is 0 Å². The largest absolute Gasteiger partial charge is 0.507 e. The van der Waals surface area contributed by atoms with Crippen LogP contribution in [-0.4, -0.2) is 60.8 Å². The number of ether oxygens (including phenoxy) is 5. The third kappa shape index (κ3) is 6.46. The number of carbonyl (C=O) groups is 3. The monoisotopic (exact) mass is 636 g/mol. The topological polar surface area (TPSA) is 134 Å². The lowest BCUT2D eigenvalue weighted by Crippen LogP contribution is -2.29. The van der Waals surface area contributed by atoms with Crippen LogP contribution >= 0.6 is 11.3 Å². The van der Waals surface area contributed by atoms with Gasteiger partial charge in [-0.05, 0) is 63.1 Å². The summed E-state index contributed by atoms with van der Waals surface area (Å²) in [7, 11) is 0. The Kier molecular flexibility index (Phi) is 9.92. The molecule has 238 valence electrons. The first-order valence-corrected chi connectivity index (χ1v) is 15.9. The van der Waals surface area contributed by atoms with Crippen LogP contribution < -0.4 is 23.8 Å². The standard InChI is InChI=1S/C33H36N2O9S/c1-5-8-9-14-42-22-12-10-20(17-24(22)40-6-2)27-26(28(36)21-11-13-23-25(18-21)44-16-15-43-23)29(37)31(38)35(27)33-34-19(4)30(45-33)32(39)41-7-3/h10-13,17-18,27,36H,5-9,14-16H2,1-4H3. The number of unbranched alkanes of at least 4 members (excludes halogenated alkanes) is 2. The second kappa shape index (κ2) is 14.0. The lowest BCUT2D eigenvalue weighted by Gasteiger charge is -2.24. The average molecular weight is 637 g/mol. The minimum atomic E-state index is -1.10. The molecule has 3 aromatic rings. The number of nitrogens with zero attached hydrogens (tertiary/aromatic N) is 2. The lowest BCUT2D eigenvalue weighted by molar-refractivity contribution is -0.132. The van der Waals surface area contributed by atoms with E-state index >= 15 is 0 Å². The lowest BCUT2D eigenvalue weighted by atomic mass is 9.95. The summed E-state index contributed by atoms with van der Waals surface area (Å²) in [6.07, 6.45) is 2.96. The van der Waals surface area contributed by atoms with Crippen molar-refractivity contribution in [3.8, 4) is 23.0 Å². The van der Waals surface area contributed by atoms with Gasteiger partial charge in [0.1, 0.15) is 23.9 Å². The van der Waals surface area contributed by atoms with Crippen molar-refractivity contribution in [2.24, 2.45) is 0 Å². The van der Waals surface area contributed by atoms with Crippen molar-refractivity contribution in [1.82, 2.24) is 4.98 Å². The van der Waals surface area contributed by atoms with E-state index in [2.05, 4.69) is 11.9 Å². The van der Waals surface area contributed by atoms with E-state index in [-0.39, 0.29) is 27.8 Å². The molecule has 45 heavy (non-hydrogen) atoms. The first-order valence-electron chi connectivity index (χ1n) is 15.0. The summed E-state index contributed by atoms with van der Waals surface area (Å²) in [5.41, 5.74) is 0.946. The number of aromatic nitrogens is 1. The predicted molar refractivity (Wildman–Crippen MR) is 168 cm³/mol. The zero-order valence-electron chi connectivity index (χ0n) is 25.7. The van der Waals surface area contributed by atoms with E-state index in [1.165, 1.54) is 4.90 Å². The third-order valence-electron chi connectivity index (χ3n) is 7.30. The van der Waals surface area contributed by atoms with E-state index in [9.17, 15) is 19.5 Å². The molecule has 12 heteroatoms. The second-order valence-electron chi connectivity index (χ2n) is 10.4.